The number of rotatable bonds is 3. The van der Waals surface area contributed by atoms with Gasteiger partial charge in [-0.05, 0) is 47.9 Å². The molecule has 0 aliphatic rings. The molecule has 0 aliphatic heterocycles. The fraction of sp³-hybridized carbons (Fsp3) is 0.130. The first kappa shape index (κ1) is 14.8. The average Bonchev–Trinajstić information content (AvgIpc) is 2.85. The smallest absolute Gasteiger partial charge is 0.0524 e. The summed E-state index contributed by atoms with van der Waals surface area (Å²) in [6, 6.07) is 23.9. The van der Waals surface area contributed by atoms with Crippen molar-refractivity contribution in [2.75, 3.05) is 0 Å². The minimum Gasteiger partial charge on any atom is -0.336 e. The maximum atomic E-state index is 4.14. The molecule has 0 bridgehead atoms. The van der Waals surface area contributed by atoms with Gasteiger partial charge in [0.25, 0.3) is 0 Å². The highest BCUT2D eigenvalue weighted by atomic mass is 15.0. The highest BCUT2D eigenvalue weighted by Crippen LogP contribution is 2.36. The summed E-state index contributed by atoms with van der Waals surface area (Å²) in [5, 5.41) is 3.90. The molecule has 4 aromatic rings. The molecular formula is C23H21N. The monoisotopic (exact) mass is 311 g/mol. The molecule has 3 aromatic carbocycles. The summed E-state index contributed by atoms with van der Waals surface area (Å²) in [7, 11) is 0. The topological polar surface area (TPSA) is 4.93 Å². The van der Waals surface area contributed by atoms with E-state index in [-0.39, 0.29) is 0 Å². The third-order valence-corrected chi connectivity index (χ3v) is 4.66. The Balaban J connectivity index is 2.11. The van der Waals surface area contributed by atoms with Crippen LogP contribution in [-0.2, 0) is 6.54 Å². The second-order valence-corrected chi connectivity index (χ2v) is 6.60. The van der Waals surface area contributed by atoms with Gasteiger partial charge in [0.1, 0.15) is 0 Å². The van der Waals surface area contributed by atoms with Crippen molar-refractivity contribution in [1.82, 2.24) is 4.57 Å². The number of allylic oxidation sites excluding steroid dienone is 1. The molecule has 0 aliphatic carbocycles. The quantitative estimate of drug-likeness (QED) is 0.389. The second-order valence-electron chi connectivity index (χ2n) is 6.60. The van der Waals surface area contributed by atoms with Crippen LogP contribution in [0.15, 0.2) is 78.9 Å². The van der Waals surface area contributed by atoms with Crippen LogP contribution in [0.1, 0.15) is 12.5 Å². The summed E-state index contributed by atoms with van der Waals surface area (Å²) in [6.07, 6.45) is 0. The molecule has 0 spiro atoms. The Kier molecular flexibility index (Phi) is 3.50. The summed E-state index contributed by atoms with van der Waals surface area (Å²) in [6.45, 7) is 9.31. The summed E-state index contributed by atoms with van der Waals surface area (Å²) in [5.41, 5.74) is 6.34. The molecule has 0 amide bonds. The molecule has 0 saturated carbocycles. The van der Waals surface area contributed by atoms with E-state index in [1.54, 1.807) is 0 Å². The van der Waals surface area contributed by atoms with Crippen molar-refractivity contribution < 1.29 is 0 Å². The summed E-state index contributed by atoms with van der Waals surface area (Å²) >= 11 is 0. The first-order valence-corrected chi connectivity index (χ1v) is 8.36. The Morgan fingerprint density at radius 1 is 0.917 bits per heavy atom. The van der Waals surface area contributed by atoms with Crippen LogP contribution < -0.4 is 0 Å². The zero-order chi connectivity index (χ0) is 16.7. The van der Waals surface area contributed by atoms with Gasteiger partial charge in [-0.1, -0.05) is 66.7 Å². The van der Waals surface area contributed by atoms with E-state index in [1.165, 1.54) is 38.5 Å². The van der Waals surface area contributed by atoms with Gasteiger partial charge in [0.15, 0.2) is 0 Å². The number of hydrogen-bond acceptors (Lipinski definition) is 0. The summed E-state index contributed by atoms with van der Waals surface area (Å²) in [5.74, 6) is 0. The van der Waals surface area contributed by atoms with Gasteiger partial charge in [-0.15, -0.1) is 0 Å². The van der Waals surface area contributed by atoms with Crippen LogP contribution in [0.5, 0.6) is 0 Å². The summed E-state index contributed by atoms with van der Waals surface area (Å²) < 4.78 is 2.41. The molecule has 0 saturated heterocycles. The predicted octanol–water partition coefficient (Wildman–Crippen LogP) is 6.35. The van der Waals surface area contributed by atoms with Gasteiger partial charge < -0.3 is 4.57 Å². The Bertz CT molecular complexity index is 1050. The summed E-state index contributed by atoms with van der Waals surface area (Å²) in [4.78, 5) is 0. The molecule has 0 atom stereocenters. The first-order chi connectivity index (χ1) is 11.6. The number of hydrogen-bond donors (Lipinski definition) is 0. The normalized spacial score (nSPS) is 11.2. The van der Waals surface area contributed by atoms with Gasteiger partial charge in [-0.3, -0.25) is 0 Å². The molecular weight excluding hydrogens is 290 g/mol. The highest BCUT2D eigenvalue weighted by Gasteiger charge is 2.16. The molecule has 1 heterocycles. The standard InChI is InChI=1S/C23H21N/c1-16(2)15-24-22-14-20-12-8-7-11-19(20)13-21(22)17(3)23(24)18-9-5-4-6-10-18/h4-14H,1,15H2,2-3H3. The number of fused-ring (bicyclic) bond motifs is 2. The second kappa shape index (κ2) is 5.68. The van der Waals surface area contributed by atoms with Crippen molar-refractivity contribution in [2.45, 2.75) is 20.4 Å². The van der Waals surface area contributed by atoms with Gasteiger partial charge >= 0.3 is 0 Å². The molecule has 0 fully saturated rings. The maximum absolute atomic E-state index is 4.14. The molecule has 1 aromatic heterocycles. The van der Waals surface area contributed by atoms with Gasteiger partial charge in [0.05, 0.1) is 5.69 Å². The van der Waals surface area contributed by atoms with E-state index in [0.717, 1.165) is 12.1 Å². The molecule has 24 heavy (non-hydrogen) atoms. The Morgan fingerprint density at radius 2 is 1.54 bits per heavy atom. The van der Waals surface area contributed by atoms with Crippen molar-refractivity contribution >= 4 is 21.7 Å². The van der Waals surface area contributed by atoms with Crippen LogP contribution in [-0.4, -0.2) is 4.57 Å². The first-order valence-electron chi connectivity index (χ1n) is 8.36. The molecule has 1 heteroatoms. The van der Waals surface area contributed by atoms with Crippen molar-refractivity contribution in [1.29, 1.82) is 0 Å². The molecule has 0 N–H and O–H groups in total. The van der Waals surface area contributed by atoms with Crippen LogP contribution in [0.4, 0.5) is 0 Å². The zero-order valence-electron chi connectivity index (χ0n) is 14.2. The van der Waals surface area contributed by atoms with Crippen molar-refractivity contribution in [3.8, 4) is 11.3 Å². The van der Waals surface area contributed by atoms with E-state index in [2.05, 4.69) is 91.7 Å². The third kappa shape index (κ3) is 2.33. The van der Waals surface area contributed by atoms with Gasteiger partial charge in [0.2, 0.25) is 0 Å². The van der Waals surface area contributed by atoms with Crippen LogP contribution >= 0.6 is 0 Å². The fourth-order valence-electron chi connectivity index (χ4n) is 3.60. The molecule has 1 nitrogen and oxygen atoms in total. The Hall–Kier alpha value is -2.80. The number of nitrogens with zero attached hydrogens (tertiary/aromatic N) is 1. The third-order valence-electron chi connectivity index (χ3n) is 4.66. The van der Waals surface area contributed by atoms with Gasteiger partial charge in [-0.2, -0.15) is 0 Å². The van der Waals surface area contributed by atoms with Gasteiger partial charge in [0, 0.05) is 17.4 Å². The number of aryl methyl sites for hydroxylation is 1. The van der Waals surface area contributed by atoms with Crippen LogP contribution in [0.2, 0.25) is 0 Å². The molecule has 0 unspecified atom stereocenters. The number of benzene rings is 3. The highest BCUT2D eigenvalue weighted by molar-refractivity contribution is 6.01. The largest absolute Gasteiger partial charge is 0.336 e. The Morgan fingerprint density at radius 3 is 2.21 bits per heavy atom. The van der Waals surface area contributed by atoms with E-state index in [9.17, 15) is 0 Å². The van der Waals surface area contributed by atoms with E-state index in [1.807, 2.05) is 0 Å². The lowest BCUT2D eigenvalue weighted by molar-refractivity contribution is 0.828. The predicted molar refractivity (Wildman–Crippen MR) is 104 cm³/mol. The van der Waals surface area contributed by atoms with Crippen LogP contribution in [0.25, 0.3) is 32.9 Å². The Labute approximate surface area is 142 Å². The van der Waals surface area contributed by atoms with Crippen molar-refractivity contribution in [2.24, 2.45) is 0 Å². The van der Waals surface area contributed by atoms with Crippen LogP contribution in [0, 0.1) is 6.92 Å². The zero-order valence-corrected chi connectivity index (χ0v) is 14.2. The molecule has 4 rings (SSSR count). The fourth-order valence-corrected chi connectivity index (χ4v) is 3.60. The van der Waals surface area contributed by atoms with E-state index in [0.29, 0.717) is 0 Å². The molecule has 118 valence electrons. The minimum atomic E-state index is 0.840. The minimum absolute atomic E-state index is 0.840. The van der Waals surface area contributed by atoms with E-state index in [4.69, 9.17) is 0 Å². The van der Waals surface area contributed by atoms with Crippen LogP contribution in [0.3, 0.4) is 0 Å². The van der Waals surface area contributed by atoms with Gasteiger partial charge in [-0.25, -0.2) is 0 Å². The van der Waals surface area contributed by atoms with Crippen molar-refractivity contribution in [3.63, 3.8) is 0 Å². The lowest BCUT2D eigenvalue weighted by Crippen LogP contribution is -2.01. The SMILES string of the molecule is C=C(C)Cn1c(-c2ccccc2)c(C)c2cc3ccccc3cc21. The average molecular weight is 311 g/mol. The maximum Gasteiger partial charge on any atom is 0.0524 e. The van der Waals surface area contributed by atoms with E-state index < -0.39 is 0 Å². The number of aromatic nitrogens is 1. The molecule has 0 radical (unpaired) electrons. The van der Waals surface area contributed by atoms with Crippen molar-refractivity contribution in [3.05, 3.63) is 84.4 Å². The van der Waals surface area contributed by atoms with E-state index >= 15 is 0 Å². The lowest BCUT2D eigenvalue weighted by atomic mass is 10.0. The lowest BCUT2D eigenvalue weighted by Gasteiger charge is -2.12.